The molecule has 0 N–H and O–H groups in total. The number of halogens is 2. The maximum Gasteiger partial charge on any atom is 0.253 e. The highest BCUT2D eigenvalue weighted by atomic mass is 19.1. The average Bonchev–Trinajstić information content (AvgIpc) is 3.21. The van der Waals surface area contributed by atoms with Gasteiger partial charge in [-0.25, -0.2) is 8.78 Å². The van der Waals surface area contributed by atoms with Gasteiger partial charge in [-0.15, -0.1) is 0 Å². The van der Waals surface area contributed by atoms with Crippen LogP contribution >= 0.6 is 0 Å². The Bertz CT molecular complexity index is 1200. The number of fused-ring (bicyclic) bond motifs is 5. The highest BCUT2D eigenvalue weighted by Crippen LogP contribution is 2.67. The number of hydrogen-bond donors (Lipinski definition) is 0. The molecule has 1 aromatic carbocycles. The van der Waals surface area contributed by atoms with E-state index in [0.717, 1.165) is 24.1 Å². The van der Waals surface area contributed by atoms with E-state index < -0.39 is 23.2 Å². The van der Waals surface area contributed by atoms with Crippen molar-refractivity contribution in [1.82, 2.24) is 20.0 Å². The molecule has 192 valence electrons. The first-order valence-corrected chi connectivity index (χ1v) is 12.6. The van der Waals surface area contributed by atoms with Crippen LogP contribution in [0, 0.1) is 17.0 Å². The van der Waals surface area contributed by atoms with Crippen LogP contribution < -0.4 is 0 Å². The number of aromatic nitrogens is 2. The molecule has 1 saturated carbocycles. The minimum absolute atomic E-state index is 0.0698. The lowest BCUT2D eigenvalue weighted by Crippen LogP contribution is -2.55. The molecule has 36 heavy (non-hydrogen) atoms. The van der Waals surface area contributed by atoms with E-state index >= 15 is 0 Å². The maximum absolute atomic E-state index is 14.5. The predicted molar refractivity (Wildman–Crippen MR) is 129 cm³/mol. The summed E-state index contributed by atoms with van der Waals surface area (Å²) in [6.45, 7) is 9.80. The number of benzene rings is 1. The van der Waals surface area contributed by atoms with Crippen molar-refractivity contribution in [2.24, 2.45) is 5.41 Å². The molecule has 1 saturated heterocycles. The number of ether oxygens (including phenoxy) is 1. The Morgan fingerprint density at radius 3 is 2.61 bits per heavy atom. The van der Waals surface area contributed by atoms with Gasteiger partial charge < -0.3 is 14.5 Å². The van der Waals surface area contributed by atoms with Gasteiger partial charge in [0, 0.05) is 32.0 Å². The third kappa shape index (κ3) is 3.62. The molecular formula is C27H32F2N4O3. The lowest BCUT2D eigenvalue weighted by atomic mass is 9.68. The molecule has 0 radical (unpaired) electrons. The first-order chi connectivity index (χ1) is 17.1. The Hall–Kier alpha value is -2.94. The first kappa shape index (κ1) is 24.7. The Balaban J connectivity index is 1.48. The fraction of sp³-hybridized carbons (Fsp3) is 0.556. The van der Waals surface area contributed by atoms with Gasteiger partial charge in [-0.2, -0.15) is 10.2 Å². The van der Waals surface area contributed by atoms with Crippen LogP contribution in [0.25, 0.3) is 11.3 Å². The molecule has 3 atom stereocenters. The fourth-order valence-electron chi connectivity index (χ4n) is 6.60. The van der Waals surface area contributed by atoms with Gasteiger partial charge in [-0.05, 0) is 54.9 Å². The molecule has 5 rings (SSSR count). The molecule has 2 fully saturated rings. The summed E-state index contributed by atoms with van der Waals surface area (Å²) < 4.78 is 34.7. The van der Waals surface area contributed by atoms with Crippen LogP contribution in [0.4, 0.5) is 8.78 Å². The number of hydrogen-bond acceptors (Lipinski definition) is 5. The number of rotatable bonds is 5. The van der Waals surface area contributed by atoms with Crippen LogP contribution in [-0.4, -0.2) is 70.7 Å². The molecule has 1 unspecified atom stereocenters. The van der Waals surface area contributed by atoms with Crippen molar-refractivity contribution in [2.45, 2.75) is 58.0 Å². The van der Waals surface area contributed by atoms with E-state index in [-0.39, 0.29) is 40.9 Å². The van der Waals surface area contributed by atoms with Crippen LogP contribution in [-0.2, 0) is 19.7 Å². The second-order valence-corrected chi connectivity index (χ2v) is 10.7. The summed E-state index contributed by atoms with van der Waals surface area (Å²) in [5.41, 5.74) is 1.11. The SMILES string of the molecule is CCN(C[C@@]12CC[C@@H](c3cc(-c4c(F)cccc4F)nnc31)C2(C)C)C(=O)C1CN(C(C)=O)CCO1. The standard InChI is InChI=1S/C27H32F2N4O3/c1-5-32(25(35)22-14-33(16(2)34)11-12-36-22)15-27-10-9-18(26(27,3)4)17-13-21(30-31-24(17)27)23-19(28)7-6-8-20(23)29/h6-8,13,18,22H,5,9-12,14-15H2,1-4H3/t18-,22?,27-/m0/s1. The molecular weight excluding hydrogens is 466 g/mol. The molecule has 1 aromatic heterocycles. The van der Waals surface area contributed by atoms with Crippen LogP contribution in [0.3, 0.4) is 0 Å². The Morgan fingerprint density at radius 2 is 1.94 bits per heavy atom. The highest BCUT2D eigenvalue weighted by molar-refractivity contribution is 5.83. The molecule has 2 aromatic rings. The highest BCUT2D eigenvalue weighted by Gasteiger charge is 2.64. The minimum atomic E-state index is -0.697. The third-order valence-electron chi connectivity index (χ3n) is 8.78. The van der Waals surface area contributed by atoms with Gasteiger partial charge in [-0.1, -0.05) is 19.9 Å². The van der Waals surface area contributed by atoms with Gasteiger partial charge in [0.25, 0.3) is 5.91 Å². The molecule has 9 heteroatoms. The van der Waals surface area contributed by atoms with Gasteiger partial charge in [0.15, 0.2) is 6.10 Å². The molecule has 7 nitrogen and oxygen atoms in total. The van der Waals surface area contributed by atoms with Crippen molar-refractivity contribution < 1.29 is 23.1 Å². The zero-order chi connectivity index (χ0) is 25.8. The topological polar surface area (TPSA) is 75.6 Å². The number of carbonyl (C=O) groups excluding carboxylic acids is 2. The third-order valence-corrected chi connectivity index (χ3v) is 8.78. The first-order valence-electron chi connectivity index (χ1n) is 12.6. The smallest absolute Gasteiger partial charge is 0.253 e. The zero-order valence-electron chi connectivity index (χ0n) is 21.2. The van der Waals surface area contributed by atoms with Gasteiger partial charge in [0.1, 0.15) is 11.6 Å². The van der Waals surface area contributed by atoms with Crippen LogP contribution in [0.5, 0.6) is 0 Å². The average molecular weight is 499 g/mol. The molecule has 0 spiro atoms. The van der Waals surface area contributed by atoms with Gasteiger partial charge in [0.2, 0.25) is 5.91 Å². The Morgan fingerprint density at radius 1 is 1.22 bits per heavy atom. The van der Waals surface area contributed by atoms with Crippen LogP contribution in [0.2, 0.25) is 0 Å². The molecule has 2 amide bonds. The lowest BCUT2D eigenvalue weighted by molar-refractivity contribution is -0.154. The van der Waals surface area contributed by atoms with Crippen molar-refractivity contribution in [1.29, 1.82) is 0 Å². The quantitative estimate of drug-likeness (QED) is 0.629. The summed E-state index contributed by atoms with van der Waals surface area (Å²) in [5, 5.41) is 8.82. The normalized spacial score (nSPS) is 26.1. The summed E-state index contributed by atoms with van der Waals surface area (Å²) in [7, 11) is 0. The number of amides is 2. The van der Waals surface area contributed by atoms with Gasteiger partial charge >= 0.3 is 0 Å². The van der Waals surface area contributed by atoms with E-state index in [0.29, 0.717) is 26.2 Å². The van der Waals surface area contributed by atoms with E-state index in [1.54, 1.807) is 15.9 Å². The second-order valence-electron chi connectivity index (χ2n) is 10.7. The van der Waals surface area contributed by atoms with Crippen molar-refractivity contribution in [2.75, 3.05) is 32.8 Å². The summed E-state index contributed by atoms with van der Waals surface area (Å²) in [6, 6.07) is 5.55. The Labute approximate surface area is 209 Å². The molecule has 3 aliphatic rings. The van der Waals surface area contributed by atoms with E-state index in [1.807, 2.05) is 6.92 Å². The van der Waals surface area contributed by atoms with E-state index in [2.05, 4.69) is 24.0 Å². The van der Waals surface area contributed by atoms with Crippen molar-refractivity contribution >= 4 is 11.8 Å². The zero-order valence-corrected chi connectivity index (χ0v) is 21.2. The van der Waals surface area contributed by atoms with Crippen molar-refractivity contribution in [3.05, 3.63) is 47.2 Å². The van der Waals surface area contributed by atoms with Crippen LogP contribution in [0.1, 0.15) is 57.7 Å². The van der Waals surface area contributed by atoms with Gasteiger partial charge in [0.05, 0.1) is 30.1 Å². The summed E-state index contributed by atoms with van der Waals surface area (Å²) in [6.07, 6.45) is 1.04. The molecule has 2 heterocycles. The summed E-state index contributed by atoms with van der Waals surface area (Å²) in [5.74, 6) is -1.40. The van der Waals surface area contributed by atoms with Gasteiger partial charge in [-0.3, -0.25) is 9.59 Å². The van der Waals surface area contributed by atoms with E-state index in [9.17, 15) is 18.4 Å². The number of nitrogens with zero attached hydrogens (tertiary/aromatic N) is 4. The Kier molecular flexibility index (Phi) is 6.09. The monoisotopic (exact) mass is 498 g/mol. The van der Waals surface area contributed by atoms with Crippen LogP contribution in [0.15, 0.2) is 24.3 Å². The number of likely N-dealkylation sites (N-methyl/N-ethyl adjacent to an activating group) is 1. The summed E-state index contributed by atoms with van der Waals surface area (Å²) >= 11 is 0. The second kappa shape index (κ2) is 8.87. The van der Waals surface area contributed by atoms with Crippen molar-refractivity contribution in [3.63, 3.8) is 0 Å². The minimum Gasteiger partial charge on any atom is -0.365 e. The number of carbonyl (C=O) groups is 2. The predicted octanol–water partition coefficient (Wildman–Crippen LogP) is 3.67. The molecule has 1 aliphatic heterocycles. The summed E-state index contributed by atoms with van der Waals surface area (Å²) in [4.78, 5) is 28.9. The van der Waals surface area contributed by atoms with Crippen molar-refractivity contribution in [3.8, 4) is 11.3 Å². The largest absolute Gasteiger partial charge is 0.365 e. The van der Waals surface area contributed by atoms with E-state index in [1.165, 1.54) is 25.1 Å². The molecule has 2 aliphatic carbocycles. The molecule has 2 bridgehead atoms. The number of morpholine rings is 1. The maximum atomic E-state index is 14.5. The van der Waals surface area contributed by atoms with E-state index in [4.69, 9.17) is 4.74 Å². The lowest BCUT2D eigenvalue weighted by Gasteiger charge is -2.43. The fourth-order valence-corrected chi connectivity index (χ4v) is 6.60.